The van der Waals surface area contributed by atoms with Gasteiger partial charge in [-0.05, 0) is 66.7 Å². The summed E-state index contributed by atoms with van der Waals surface area (Å²) < 4.78 is 1.03. The number of hydrogen-bond acceptors (Lipinski definition) is 2. The molecule has 2 atom stereocenters. The van der Waals surface area contributed by atoms with Crippen LogP contribution in [0.4, 0.5) is 5.69 Å². The minimum Gasteiger partial charge on any atom is -0.368 e. The standard InChI is InChI=1S/C16H22BrNO/c1-4-13-6-5-11(2)18(10-13)16-8-7-14(12(3)19)9-15(16)17/h7-9,11,13H,4-6,10H2,1-3H3. The molecule has 1 aromatic carbocycles. The topological polar surface area (TPSA) is 20.3 Å². The third kappa shape index (κ3) is 3.19. The minimum absolute atomic E-state index is 0.116. The highest BCUT2D eigenvalue weighted by Crippen LogP contribution is 2.34. The van der Waals surface area contributed by atoms with Crippen molar-refractivity contribution in [1.29, 1.82) is 0 Å². The fourth-order valence-electron chi connectivity index (χ4n) is 2.81. The van der Waals surface area contributed by atoms with Gasteiger partial charge in [0.1, 0.15) is 0 Å². The maximum Gasteiger partial charge on any atom is 0.159 e. The van der Waals surface area contributed by atoms with E-state index >= 15 is 0 Å². The first-order valence-corrected chi connectivity index (χ1v) is 7.89. The van der Waals surface area contributed by atoms with Crippen molar-refractivity contribution in [3.63, 3.8) is 0 Å². The predicted octanol–water partition coefficient (Wildman–Crippen LogP) is 4.67. The summed E-state index contributed by atoms with van der Waals surface area (Å²) in [6.45, 7) is 7.29. The Morgan fingerprint density at radius 2 is 2.16 bits per heavy atom. The van der Waals surface area contributed by atoms with Gasteiger partial charge >= 0.3 is 0 Å². The molecule has 1 aliphatic heterocycles. The highest BCUT2D eigenvalue weighted by Gasteiger charge is 2.25. The summed E-state index contributed by atoms with van der Waals surface area (Å²) in [6, 6.07) is 6.53. The number of halogens is 1. The highest BCUT2D eigenvalue weighted by molar-refractivity contribution is 9.10. The van der Waals surface area contributed by atoms with Crippen molar-refractivity contribution in [2.75, 3.05) is 11.4 Å². The number of ketones is 1. The molecule has 1 aromatic rings. The second-order valence-electron chi connectivity index (χ2n) is 5.58. The summed E-state index contributed by atoms with van der Waals surface area (Å²) in [5.41, 5.74) is 1.99. The van der Waals surface area contributed by atoms with E-state index in [2.05, 4.69) is 40.7 Å². The van der Waals surface area contributed by atoms with Gasteiger partial charge in [0, 0.05) is 22.6 Å². The van der Waals surface area contributed by atoms with E-state index in [1.807, 2.05) is 12.1 Å². The van der Waals surface area contributed by atoms with Crippen molar-refractivity contribution in [2.24, 2.45) is 5.92 Å². The first-order chi connectivity index (χ1) is 9.02. The van der Waals surface area contributed by atoms with E-state index in [1.165, 1.54) is 24.9 Å². The van der Waals surface area contributed by atoms with E-state index in [0.29, 0.717) is 6.04 Å². The van der Waals surface area contributed by atoms with Gasteiger partial charge < -0.3 is 4.90 Å². The molecule has 1 saturated heterocycles. The number of anilines is 1. The van der Waals surface area contributed by atoms with Gasteiger partial charge in [0.15, 0.2) is 5.78 Å². The van der Waals surface area contributed by atoms with E-state index in [0.717, 1.165) is 22.5 Å². The molecule has 3 heteroatoms. The smallest absolute Gasteiger partial charge is 0.159 e. The summed E-state index contributed by atoms with van der Waals surface area (Å²) in [5, 5.41) is 0. The molecule has 0 aliphatic carbocycles. The molecule has 1 heterocycles. The molecule has 2 rings (SSSR count). The summed E-state index contributed by atoms with van der Waals surface area (Å²) in [7, 11) is 0. The molecule has 0 amide bonds. The van der Waals surface area contributed by atoms with Crippen LogP contribution in [0.25, 0.3) is 0 Å². The quantitative estimate of drug-likeness (QED) is 0.753. The molecule has 0 aromatic heterocycles. The molecular formula is C16H22BrNO. The molecule has 0 N–H and O–H groups in total. The lowest BCUT2D eigenvalue weighted by Crippen LogP contribution is -2.41. The highest BCUT2D eigenvalue weighted by atomic mass is 79.9. The summed E-state index contributed by atoms with van der Waals surface area (Å²) in [5.74, 6) is 0.904. The van der Waals surface area contributed by atoms with Crippen LogP contribution in [0, 0.1) is 5.92 Å². The number of carbonyl (C=O) groups excluding carboxylic acids is 1. The lowest BCUT2D eigenvalue weighted by atomic mass is 9.91. The number of nitrogens with zero attached hydrogens (tertiary/aromatic N) is 1. The average Bonchev–Trinajstić information content (AvgIpc) is 2.39. The molecule has 2 nitrogen and oxygen atoms in total. The van der Waals surface area contributed by atoms with Crippen LogP contribution in [0.2, 0.25) is 0 Å². The Labute approximate surface area is 124 Å². The van der Waals surface area contributed by atoms with Crippen LogP contribution < -0.4 is 4.90 Å². The largest absolute Gasteiger partial charge is 0.368 e. The van der Waals surface area contributed by atoms with Gasteiger partial charge in [0.25, 0.3) is 0 Å². The normalized spacial score (nSPS) is 23.5. The first kappa shape index (κ1) is 14.6. The second kappa shape index (κ2) is 6.08. The Hall–Kier alpha value is -0.830. The van der Waals surface area contributed by atoms with Gasteiger partial charge in [-0.1, -0.05) is 13.3 Å². The van der Waals surface area contributed by atoms with Crippen LogP contribution in [0.3, 0.4) is 0 Å². The summed E-state index contributed by atoms with van der Waals surface area (Å²) in [4.78, 5) is 13.9. The lowest BCUT2D eigenvalue weighted by Gasteiger charge is -2.40. The third-order valence-corrected chi connectivity index (χ3v) is 4.86. The zero-order chi connectivity index (χ0) is 14.0. The number of rotatable bonds is 3. The Kier molecular flexibility index (Phi) is 4.67. The maximum absolute atomic E-state index is 11.4. The number of hydrogen-bond donors (Lipinski definition) is 0. The molecule has 19 heavy (non-hydrogen) atoms. The van der Waals surface area contributed by atoms with E-state index in [9.17, 15) is 4.79 Å². The summed E-state index contributed by atoms with van der Waals surface area (Å²) in [6.07, 6.45) is 3.82. The van der Waals surface area contributed by atoms with Gasteiger partial charge in [0.05, 0.1) is 5.69 Å². The Bertz CT molecular complexity index is 472. The average molecular weight is 324 g/mol. The summed E-state index contributed by atoms with van der Waals surface area (Å²) >= 11 is 3.63. The SMILES string of the molecule is CCC1CCC(C)N(c2ccc(C(C)=O)cc2Br)C1. The monoisotopic (exact) mass is 323 g/mol. The maximum atomic E-state index is 11.4. The van der Waals surface area contributed by atoms with E-state index in [-0.39, 0.29) is 5.78 Å². The van der Waals surface area contributed by atoms with Gasteiger partial charge in [-0.2, -0.15) is 0 Å². The second-order valence-corrected chi connectivity index (χ2v) is 6.43. The van der Waals surface area contributed by atoms with Crippen molar-refractivity contribution >= 4 is 27.4 Å². The number of benzene rings is 1. The lowest BCUT2D eigenvalue weighted by molar-refractivity contribution is 0.101. The fourth-order valence-corrected chi connectivity index (χ4v) is 3.42. The van der Waals surface area contributed by atoms with Gasteiger partial charge in [0.2, 0.25) is 0 Å². The first-order valence-electron chi connectivity index (χ1n) is 7.10. The molecule has 0 bridgehead atoms. The van der Waals surface area contributed by atoms with Gasteiger partial charge in [-0.3, -0.25) is 4.79 Å². The van der Waals surface area contributed by atoms with E-state index < -0.39 is 0 Å². The van der Waals surface area contributed by atoms with Crippen LogP contribution in [0.1, 0.15) is 50.4 Å². The molecule has 0 radical (unpaired) electrons. The zero-order valence-corrected chi connectivity index (χ0v) is 13.5. The van der Waals surface area contributed by atoms with Crippen molar-refractivity contribution in [2.45, 2.75) is 46.1 Å². The Balaban J connectivity index is 2.27. The van der Waals surface area contributed by atoms with Crippen LogP contribution >= 0.6 is 15.9 Å². The number of piperidine rings is 1. The Morgan fingerprint density at radius 1 is 1.42 bits per heavy atom. The van der Waals surface area contributed by atoms with Crippen molar-refractivity contribution in [3.8, 4) is 0 Å². The Morgan fingerprint density at radius 3 is 2.74 bits per heavy atom. The van der Waals surface area contributed by atoms with Gasteiger partial charge in [-0.25, -0.2) is 0 Å². The molecule has 1 aliphatic rings. The molecule has 1 fully saturated rings. The molecule has 0 saturated carbocycles. The molecule has 2 unspecified atom stereocenters. The minimum atomic E-state index is 0.116. The van der Waals surface area contributed by atoms with Crippen LogP contribution in [-0.4, -0.2) is 18.4 Å². The van der Waals surface area contributed by atoms with Crippen LogP contribution in [0.5, 0.6) is 0 Å². The van der Waals surface area contributed by atoms with Crippen LogP contribution in [0.15, 0.2) is 22.7 Å². The van der Waals surface area contributed by atoms with E-state index in [4.69, 9.17) is 0 Å². The van der Waals surface area contributed by atoms with Crippen LogP contribution in [-0.2, 0) is 0 Å². The van der Waals surface area contributed by atoms with E-state index in [1.54, 1.807) is 6.92 Å². The van der Waals surface area contributed by atoms with Crippen molar-refractivity contribution < 1.29 is 4.79 Å². The van der Waals surface area contributed by atoms with Crippen molar-refractivity contribution in [1.82, 2.24) is 0 Å². The number of carbonyl (C=O) groups is 1. The van der Waals surface area contributed by atoms with Gasteiger partial charge in [-0.15, -0.1) is 0 Å². The zero-order valence-electron chi connectivity index (χ0n) is 11.9. The third-order valence-electron chi connectivity index (χ3n) is 4.22. The molecule has 104 valence electrons. The predicted molar refractivity (Wildman–Crippen MR) is 84.0 cm³/mol. The molecular weight excluding hydrogens is 302 g/mol. The van der Waals surface area contributed by atoms with Crippen molar-refractivity contribution in [3.05, 3.63) is 28.2 Å². The fraction of sp³-hybridized carbons (Fsp3) is 0.562. The molecule has 0 spiro atoms. The number of Topliss-reactive ketones (excluding diaryl/α,β-unsaturated/α-hetero) is 1.